The van der Waals surface area contributed by atoms with Gasteiger partial charge in [0.2, 0.25) is 0 Å². The van der Waals surface area contributed by atoms with E-state index in [0.29, 0.717) is 0 Å². The quantitative estimate of drug-likeness (QED) is 0.878. The second-order valence-corrected chi connectivity index (χ2v) is 4.85. The van der Waals surface area contributed by atoms with Gasteiger partial charge in [0.05, 0.1) is 25.0 Å². The summed E-state index contributed by atoms with van der Waals surface area (Å²) in [5.41, 5.74) is 3.33. The molecule has 108 valence electrons. The van der Waals surface area contributed by atoms with Gasteiger partial charge in [0.15, 0.2) is 0 Å². The summed E-state index contributed by atoms with van der Waals surface area (Å²) in [5.74, 6) is 0.883. The molecule has 0 saturated heterocycles. The Bertz CT molecular complexity index is 565. The first-order chi connectivity index (χ1) is 9.71. The molecular weight excluding hydrogens is 252 g/mol. The lowest BCUT2D eigenvalue weighted by molar-refractivity contribution is 0.403. The highest BCUT2D eigenvalue weighted by molar-refractivity contribution is 5.42. The fourth-order valence-electron chi connectivity index (χ4n) is 2.39. The molecule has 2 aromatic rings. The predicted octanol–water partition coefficient (Wildman–Crippen LogP) is 2.31. The van der Waals surface area contributed by atoms with Crippen molar-refractivity contribution in [1.29, 1.82) is 0 Å². The number of ether oxygens (including phenoxy) is 1. The van der Waals surface area contributed by atoms with Crippen molar-refractivity contribution in [3.8, 4) is 5.75 Å². The molecule has 2 rings (SSSR count). The zero-order valence-corrected chi connectivity index (χ0v) is 12.6. The van der Waals surface area contributed by atoms with E-state index in [9.17, 15) is 0 Å². The summed E-state index contributed by atoms with van der Waals surface area (Å²) in [6.07, 6.45) is 2.84. The van der Waals surface area contributed by atoms with Crippen LogP contribution in [0.2, 0.25) is 0 Å². The molecule has 1 N–H and O–H groups in total. The first kappa shape index (κ1) is 14.5. The molecular formula is C15H22N4O. The maximum absolute atomic E-state index is 5.52. The molecule has 1 atom stereocenters. The molecule has 1 unspecified atom stereocenters. The third kappa shape index (κ3) is 2.82. The van der Waals surface area contributed by atoms with Crippen LogP contribution in [0.15, 0.2) is 24.4 Å². The van der Waals surface area contributed by atoms with Gasteiger partial charge in [-0.05, 0) is 32.0 Å². The van der Waals surface area contributed by atoms with Crippen LogP contribution in [0.3, 0.4) is 0 Å². The fourth-order valence-corrected chi connectivity index (χ4v) is 2.39. The van der Waals surface area contributed by atoms with E-state index in [1.165, 1.54) is 5.56 Å². The van der Waals surface area contributed by atoms with E-state index >= 15 is 0 Å². The molecule has 0 aliphatic carbocycles. The van der Waals surface area contributed by atoms with Crippen LogP contribution < -0.4 is 10.1 Å². The Kier molecular flexibility index (Phi) is 4.74. The maximum atomic E-state index is 5.52. The van der Waals surface area contributed by atoms with Gasteiger partial charge in [0, 0.05) is 12.1 Å². The summed E-state index contributed by atoms with van der Waals surface area (Å²) >= 11 is 0. The monoisotopic (exact) mass is 274 g/mol. The Morgan fingerprint density at radius 2 is 2.20 bits per heavy atom. The first-order valence-electron chi connectivity index (χ1n) is 6.91. The van der Waals surface area contributed by atoms with Crippen LogP contribution in [-0.2, 0) is 6.54 Å². The molecule has 20 heavy (non-hydrogen) atoms. The number of nitrogens with one attached hydrogen (secondary N) is 1. The zero-order valence-electron chi connectivity index (χ0n) is 12.6. The van der Waals surface area contributed by atoms with Gasteiger partial charge in [-0.1, -0.05) is 24.3 Å². The van der Waals surface area contributed by atoms with Crippen LogP contribution in [0.1, 0.15) is 36.2 Å². The standard InChI is InChI=1S/C15H22N4O/c1-5-8-19-13(10-17-18-19)15(16-3)12-7-6-11(2)9-14(12)20-4/h6-7,9-10,15-16H,5,8H2,1-4H3. The lowest BCUT2D eigenvalue weighted by Crippen LogP contribution is -2.22. The molecule has 1 aromatic heterocycles. The minimum absolute atomic E-state index is 0.0205. The molecule has 0 saturated carbocycles. The summed E-state index contributed by atoms with van der Waals surface area (Å²) < 4.78 is 7.46. The van der Waals surface area contributed by atoms with E-state index in [0.717, 1.165) is 30.0 Å². The van der Waals surface area contributed by atoms with Gasteiger partial charge in [-0.3, -0.25) is 0 Å². The summed E-state index contributed by atoms with van der Waals surface area (Å²) in [5, 5.41) is 11.5. The number of aromatic nitrogens is 3. The van der Waals surface area contributed by atoms with Crippen LogP contribution in [-0.4, -0.2) is 29.2 Å². The van der Waals surface area contributed by atoms with Crippen molar-refractivity contribution in [3.63, 3.8) is 0 Å². The largest absolute Gasteiger partial charge is 0.496 e. The number of aryl methyl sites for hydroxylation is 2. The van der Waals surface area contributed by atoms with Gasteiger partial charge in [-0.15, -0.1) is 5.10 Å². The second kappa shape index (κ2) is 6.52. The highest BCUT2D eigenvalue weighted by Gasteiger charge is 2.20. The van der Waals surface area contributed by atoms with E-state index in [1.54, 1.807) is 7.11 Å². The highest BCUT2D eigenvalue weighted by Crippen LogP contribution is 2.30. The van der Waals surface area contributed by atoms with Gasteiger partial charge >= 0.3 is 0 Å². The van der Waals surface area contributed by atoms with Crippen LogP contribution in [0.5, 0.6) is 5.75 Å². The summed E-state index contributed by atoms with van der Waals surface area (Å²) in [4.78, 5) is 0. The van der Waals surface area contributed by atoms with Crippen molar-refractivity contribution < 1.29 is 4.74 Å². The molecule has 0 aliphatic heterocycles. The minimum Gasteiger partial charge on any atom is -0.496 e. The zero-order chi connectivity index (χ0) is 14.5. The number of hydrogen-bond donors (Lipinski definition) is 1. The lowest BCUT2D eigenvalue weighted by atomic mass is 10.0. The molecule has 0 radical (unpaired) electrons. The summed E-state index contributed by atoms with van der Waals surface area (Å²) in [6, 6.07) is 6.26. The number of rotatable bonds is 6. The van der Waals surface area contributed by atoms with Gasteiger partial charge in [-0.25, -0.2) is 4.68 Å². The number of benzene rings is 1. The normalized spacial score (nSPS) is 12.4. The number of nitrogens with zero attached hydrogens (tertiary/aromatic N) is 3. The topological polar surface area (TPSA) is 52.0 Å². The van der Waals surface area contributed by atoms with Crippen molar-refractivity contribution in [2.45, 2.75) is 32.9 Å². The Balaban J connectivity index is 2.44. The van der Waals surface area contributed by atoms with E-state index < -0.39 is 0 Å². The summed E-state index contributed by atoms with van der Waals surface area (Å²) in [7, 11) is 3.64. The molecule has 0 spiro atoms. The Labute approximate surface area is 120 Å². The van der Waals surface area contributed by atoms with Crippen LogP contribution >= 0.6 is 0 Å². The second-order valence-electron chi connectivity index (χ2n) is 4.85. The summed E-state index contributed by atoms with van der Waals surface area (Å²) in [6.45, 7) is 5.05. The smallest absolute Gasteiger partial charge is 0.124 e. The molecule has 5 nitrogen and oxygen atoms in total. The highest BCUT2D eigenvalue weighted by atomic mass is 16.5. The van der Waals surface area contributed by atoms with Crippen LogP contribution in [0, 0.1) is 6.92 Å². The number of hydrogen-bond acceptors (Lipinski definition) is 4. The molecule has 0 aliphatic rings. The van der Waals surface area contributed by atoms with Crippen LogP contribution in [0.4, 0.5) is 0 Å². The Hall–Kier alpha value is -1.88. The third-order valence-electron chi connectivity index (χ3n) is 3.37. The Morgan fingerprint density at radius 3 is 2.85 bits per heavy atom. The van der Waals surface area contributed by atoms with Gasteiger partial charge < -0.3 is 10.1 Å². The minimum atomic E-state index is 0.0205. The predicted molar refractivity (Wildman–Crippen MR) is 78.9 cm³/mol. The number of methoxy groups -OCH3 is 1. The van der Waals surface area contributed by atoms with Gasteiger partial charge in [0.25, 0.3) is 0 Å². The molecule has 5 heteroatoms. The van der Waals surface area contributed by atoms with Crippen molar-refractivity contribution in [3.05, 3.63) is 41.2 Å². The molecule has 0 fully saturated rings. The van der Waals surface area contributed by atoms with Crippen molar-refractivity contribution in [2.24, 2.45) is 0 Å². The van der Waals surface area contributed by atoms with Gasteiger partial charge in [-0.2, -0.15) is 0 Å². The molecule has 0 bridgehead atoms. The molecule has 0 amide bonds. The van der Waals surface area contributed by atoms with Crippen molar-refractivity contribution in [2.75, 3.05) is 14.2 Å². The average Bonchev–Trinajstić information content (AvgIpc) is 2.90. The van der Waals surface area contributed by atoms with E-state index in [1.807, 2.05) is 24.0 Å². The maximum Gasteiger partial charge on any atom is 0.124 e. The van der Waals surface area contributed by atoms with Crippen LogP contribution in [0.25, 0.3) is 0 Å². The third-order valence-corrected chi connectivity index (χ3v) is 3.37. The van der Waals surface area contributed by atoms with Crippen molar-refractivity contribution in [1.82, 2.24) is 20.3 Å². The molecule has 1 aromatic carbocycles. The van der Waals surface area contributed by atoms with Crippen molar-refractivity contribution >= 4 is 0 Å². The fraction of sp³-hybridized carbons (Fsp3) is 0.467. The first-order valence-corrected chi connectivity index (χ1v) is 6.91. The lowest BCUT2D eigenvalue weighted by Gasteiger charge is -2.20. The SMILES string of the molecule is CCCn1nncc1C(NC)c1ccc(C)cc1OC. The van der Waals surface area contributed by atoms with E-state index in [2.05, 4.69) is 41.6 Å². The average molecular weight is 274 g/mol. The molecule has 1 heterocycles. The van der Waals surface area contributed by atoms with E-state index in [4.69, 9.17) is 4.74 Å². The Morgan fingerprint density at radius 1 is 1.40 bits per heavy atom. The van der Waals surface area contributed by atoms with Gasteiger partial charge in [0.1, 0.15) is 5.75 Å². The van der Waals surface area contributed by atoms with E-state index in [-0.39, 0.29) is 6.04 Å².